The van der Waals surface area contributed by atoms with Crippen molar-refractivity contribution in [2.24, 2.45) is 5.92 Å². The van der Waals surface area contributed by atoms with E-state index in [9.17, 15) is 4.39 Å². The molecule has 0 radical (unpaired) electrons. The summed E-state index contributed by atoms with van der Waals surface area (Å²) in [7, 11) is 0. The molecule has 1 aromatic heterocycles. The first kappa shape index (κ1) is 15.5. The van der Waals surface area contributed by atoms with Crippen LogP contribution in [0.25, 0.3) is 11.0 Å². The second-order valence-corrected chi connectivity index (χ2v) is 7.33. The van der Waals surface area contributed by atoms with Gasteiger partial charge in [-0.05, 0) is 54.3 Å². The van der Waals surface area contributed by atoms with Crippen LogP contribution in [0.15, 0.2) is 12.1 Å². The van der Waals surface area contributed by atoms with E-state index >= 15 is 0 Å². The second-order valence-electron chi connectivity index (χ2n) is 5.51. The van der Waals surface area contributed by atoms with E-state index in [1.165, 1.54) is 0 Å². The molecule has 114 valence electrons. The summed E-state index contributed by atoms with van der Waals surface area (Å²) in [4.78, 5) is 4.59. The zero-order chi connectivity index (χ0) is 15.0. The van der Waals surface area contributed by atoms with Gasteiger partial charge in [-0.15, -0.1) is 11.6 Å². The first-order valence-electron chi connectivity index (χ1n) is 7.13. The molecule has 0 N–H and O–H groups in total. The first-order chi connectivity index (χ1) is 10.1. The largest absolute Gasteiger partial charge is 0.381 e. The van der Waals surface area contributed by atoms with Gasteiger partial charge in [-0.3, -0.25) is 0 Å². The van der Waals surface area contributed by atoms with Gasteiger partial charge < -0.3 is 9.30 Å². The molecule has 0 aliphatic carbocycles. The zero-order valence-corrected chi connectivity index (χ0v) is 14.7. The number of fused-ring (bicyclic) bond motifs is 1. The van der Waals surface area contributed by atoms with Gasteiger partial charge >= 0.3 is 0 Å². The molecule has 1 aromatic carbocycles. The summed E-state index contributed by atoms with van der Waals surface area (Å²) < 4.78 is 21.9. The first-order valence-corrected chi connectivity index (χ1v) is 8.64. The molecule has 2 heterocycles. The summed E-state index contributed by atoms with van der Waals surface area (Å²) in [6, 6.07) is 3.35. The molecule has 0 amide bonds. The second kappa shape index (κ2) is 6.38. The lowest BCUT2D eigenvalue weighted by Crippen LogP contribution is -2.09. The molecular formula is C15H17ClFIN2O. The number of hydrogen-bond acceptors (Lipinski definition) is 2. The highest BCUT2D eigenvalue weighted by Gasteiger charge is 2.20. The van der Waals surface area contributed by atoms with Crippen LogP contribution in [0.5, 0.6) is 0 Å². The van der Waals surface area contributed by atoms with Crippen molar-refractivity contribution in [1.29, 1.82) is 0 Å². The monoisotopic (exact) mass is 422 g/mol. The van der Waals surface area contributed by atoms with E-state index < -0.39 is 0 Å². The molecular weight excluding hydrogens is 406 g/mol. The van der Waals surface area contributed by atoms with E-state index in [1.807, 2.05) is 29.5 Å². The lowest BCUT2D eigenvalue weighted by molar-refractivity contribution is 0.183. The number of rotatable bonds is 4. The molecule has 0 saturated carbocycles. The van der Waals surface area contributed by atoms with Crippen molar-refractivity contribution >= 4 is 45.2 Å². The number of alkyl halides is 1. The predicted octanol–water partition coefficient (Wildman–Crippen LogP) is 4.51. The summed E-state index contributed by atoms with van der Waals surface area (Å²) in [6.45, 7) is 4.38. The van der Waals surface area contributed by atoms with Gasteiger partial charge in [-0.25, -0.2) is 9.37 Å². The molecule has 3 rings (SSSR count). The van der Waals surface area contributed by atoms with E-state index in [0.717, 1.165) is 49.5 Å². The van der Waals surface area contributed by atoms with Crippen LogP contribution in [0.4, 0.5) is 4.39 Å². The lowest BCUT2D eigenvalue weighted by atomic mass is 10.1. The molecule has 2 unspecified atom stereocenters. The number of aryl methyl sites for hydroxylation is 1. The molecule has 2 atom stereocenters. The topological polar surface area (TPSA) is 27.1 Å². The number of imidazole rings is 1. The summed E-state index contributed by atoms with van der Waals surface area (Å²) >= 11 is 8.24. The van der Waals surface area contributed by atoms with Crippen molar-refractivity contribution in [2.75, 3.05) is 13.2 Å². The van der Waals surface area contributed by atoms with Crippen LogP contribution in [0, 0.1) is 15.3 Å². The van der Waals surface area contributed by atoms with Crippen LogP contribution in [0.1, 0.15) is 31.0 Å². The summed E-state index contributed by atoms with van der Waals surface area (Å²) in [5, 5.41) is -0.196. The fraction of sp³-hybridized carbons (Fsp3) is 0.533. The number of ether oxygens (including phenoxy) is 1. The Morgan fingerprint density at radius 2 is 2.38 bits per heavy atom. The van der Waals surface area contributed by atoms with E-state index in [4.69, 9.17) is 16.3 Å². The van der Waals surface area contributed by atoms with Gasteiger partial charge in [0.2, 0.25) is 0 Å². The molecule has 1 aliphatic heterocycles. The molecule has 0 spiro atoms. The van der Waals surface area contributed by atoms with Gasteiger partial charge in [-0.1, -0.05) is 0 Å². The standard InChI is InChI=1S/C15H17ClFIN2O/c1-9(16)15-19-13-7-12(18)11(17)6-14(13)20(15)4-2-10-3-5-21-8-10/h6-7,9-10H,2-5,8H2,1H3. The quantitative estimate of drug-likeness (QED) is 0.536. The van der Waals surface area contributed by atoms with Crippen molar-refractivity contribution in [1.82, 2.24) is 9.55 Å². The fourth-order valence-corrected chi connectivity index (χ4v) is 3.42. The molecule has 2 aromatic rings. The number of halogens is 3. The van der Waals surface area contributed by atoms with Gasteiger partial charge in [0, 0.05) is 25.8 Å². The highest BCUT2D eigenvalue weighted by molar-refractivity contribution is 14.1. The Kier molecular flexibility index (Phi) is 4.71. The Morgan fingerprint density at radius 3 is 3.05 bits per heavy atom. The van der Waals surface area contributed by atoms with Crippen molar-refractivity contribution < 1.29 is 9.13 Å². The Balaban J connectivity index is 1.96. The number of hydrogen-bond donors (Lipinski definition) is 0. The summed E-state index contributed by atoms with van der Waals surface area (Å²) in [6.07, 6.45) is 2.11. The minimum absolute atomic E-state index is 0.196. The Hall–Kier alpha value is -0.400. The fourth-order valence-electron chi connectivity index (χ4n) is 2.80. The van der Waals surface area contributed by atoms with Crippen LogP contribution in [-0.2, 0) is 11.3 Å². The highest BCUT2D eigenvalue weighted by Crippen LogP contribution is 2.28. The third-order valence-electron chi connectivity index (χ3n) is 3.96. The van der Waals surface area contributed by atoms with Crippen LogP contribution >= 0.6 is 34.2 Å². The average Bonchev–Trinajstić information content (AvgIpc) is 3.05. The molecule has 3 nitrogen and oxygen atoms in total. The van der Waals surface area contributed by atoms with E-state index in [0.29, 0.717) is 9.49 Å². The van der Waals surface area contributed by atoms with E-state index in [-0.39, 0.29) is 11.2 Å². The smallest absolute Gasteiger partial charge is 0.138 e. The average molecular weight is 423 g/mol. The molecule has 6 heteroatoms. The Bertz CT molecular complexity index is 653. The minimum atomic E-state index is -0.206. The number of benzene rings is 1. The third-order valence-corrected chi connectivity index (χ3v) is 4.98. The minimum Gasteiger partial charge on any atom is -0.381 e. The van der Waals surface area contributed by atoms with Crippen molar-refractivity contribution in [3.05, 3.63) is 27.3 Å². The van der Waals surface area contributed by atoms with Crippen molar-refractivity contribution in [2.45, 2.75) is 31.7 Å². The molecule has 1 aliphatic rings. The van der Waals surface area contributed by atoms with Crippen LogP contribution < -0.4 is 0 Å². The maximum Gasteiger partial charge on any atom is 0.138 e. The molecule has 0 bridgehead atoms. The van der Waals surface area contributed by atoms with Crippen LogP contribution in [0.3, 0.4) is 0 Å². The summed E-state index contributed by atoms with van der Waals surface area (Å²) in [5.41, 5.74) is 1.64. The number of aromatic nitrogens is 2. The normalized spacial score (nSPS) is 20.3. The van der Waals surface area contributed by atoms with E-state index in [2.05, 4.69) is 9.55 Å². The molecule has 1 fully saturated rings. The van der Waals surface area contributed by atoms with Crippen molar-refractivity contribution in [3.63, 3.8) is 0 Å². The zero-order valence-electron chi connectivity index (χ0n) is 11.8. The maximum absolute atomic E-state index is 13.9. The highest BCUT2D eigenvalue weighted by atomic mass is 127. The molecule has 1 saturated heterocycles. The van der Waals surface area contributed by atoms with Crippen LogP contribution in [-0.4, -0.2) is 22.8 Å². The predicted molar refractivity (Wildman–Crippen MR) is 90.2 cm³/mol. The van der Waals surface area contributed by atoms with Gasteiger partial charge in [-0.2, -0.15) is 0 Å². The Labute approximate surface area is 142 Å². The van der Waals surface area contributed by atoms with Crippen LogP contribution in [0.2, 0.25) is 0 Å². The third kappa shape index (κ3) is 3.19. The van der Waals surface area contributed by atoms with E-state index in [1.54, 1.807) is 12.1 Å². The van der Waals surface area contributed by atoms with Crippen molar-refractivity contribution in [3.8, 4) is 0 Å². The van der Waals surface area contributed by atoms with Gasteiger partial charge in [0.25, 0.3) is 0 Å². The van der Waals surface area contributed by atoms with Gasteiger partial charge in [0.05, 0.1) is 20.0 Å². The summed E-state index contributed by atoms with van der Waals surface area (Å²) in [5.74, 6) is 1.18. The number of nitrogens with zero attached hydrogens (tertiary/aromatic N) is 2. The van der Waals surface area contributed by atoms with Gasteiger partial charge in [0.15, 0.2) is 0 Å². The lowest BCUT2D eigenvalue weighted by Gasteiger charge is -2.13. The van der Waals surface area contributed by atoms with Gasteiger partial charge in [0.1, 0.15) is 11.6 Å². The maximum atomic E-state index is 13.9. The SMILES string of the molecule is CC(Cl)c1nc2cc(I)c(F)cc2n1CCC1CCOC1. The molecule has 21 heavy (non-hydrogen) atoms. The Morgan fingerprint density at radius 1 is 1.57 bits per heavy atom.